The molecule has 0 spiro atoms. The van der Waals surface area contributed by atoms with Crippen molar-refractivity contribution in [2.24, 2.45) is 5.92 Å². The highest BCUT2D eigenvalue weighted by Gasteiger charge is 2.27. The molecule has 2 aromatic rings. The largest absolute Gasteiger partial charge is 0.456 e. The SMILES string of the molecule is CC(C)[C@H](NC(=O)c1ccccc1Br)C(=O)OCC(=O)c1ccc(Cl)s1. The summed E-state index contributed by atoms with van der Waals surface area (Å²) in [5.74, 6) is -1.60. The Kier molecular flexibility index (Phi) is 7.37. The van der Waals surface area contributed by atoms with Gasteiger partial charge in [0.2, 0.25) is 5.78 Å². The minimum Gasteiger partial charge on any atom is -0.456 e. The highest BCUT2D eigenvalue weighted by Crippen LogP contribution is 2.22. The number of carbonyl (C=O) groups excluding carboxylic acids is 3. The van der Waals surface area contributed by atoms with Crippen LogP contribution >= 0.6 is 38.9 Å². The van der Waals surface area contributed by atoms with Gasteiger partial charge in [0.25, 0.3) is 5.91 Å². The Hall–Kier alpha value is -1.70. The van der Waals surface area contributed by atoms with Crippen molar-refractivity contribution in [1.82, 2.24) is 5.32 Å². The third kappa shape index (κ3) is 5.40. The van der Waals surface area contributed by atoms with E-state index in [0.717, 1.165) is 11.3 Å². The van der Waals surface area contributed by atoms with E-state index in [4.69, 9.17) is 16.3 Å². The van der Waals surface area contributed by atoms with Crippen LogP contribution in [-0.4, -0.2) is 30.3 Å². The number of hydrogen-bond acceptors (Lipinski definition) is 5. The molecule has 1 heterocycles. The predicted molar refractivity (Wildman–Crippen MR) is 105 cm³/mol. The quantitative estimate of drug-likeness (QED) is 0.495. The summed E-state index contributed by atoms with van der Waals surface area (Å²) in [6, 6.07) is 9.22. The minimum atomic E-state index is -0.866. The molecule has 0 radical (unpaired) electrons. The van der Waals surface area contributed by atoms with Crippen LogP contribution in [0, 0.1) is 5.92 Å². The van der Waals surface area contributed by atoms with Crippen LogP contribution in [0.15, 0.2) is 40.9 Å². The van der Waals surface area contributed by atoms with Crippen LogP contribution in [0.1, 0.15) is 33.9 Å². The molecule has 1 aromatic heterocycles. The van der Waals surface area contributed by atoms with Crippen molar-refractivity contribution in [3.8, 4) is 0 Å². The maximum atomic E-state index is 12.4. The number of carbonyl (C=O) groups is 3. The number of halogens is 2. The van der Waals surface area contributed by atoms with Crippen LogP contribution in [0.2, 0.25) is 4.34 Å². The van der Waals surface area contributed by atoms with Gasteiger partial charge in [-0.05, 0) is 46.1 Å². The Morgan fingerprint density at radius 1 is 1.19 bits per heavy atom. The maximum Gasteiger partial charge on any atom is 0.329 e. The van der Waals surface area contributed by atoms with Crippen molar-refractivity contribution in [1.29, 1.82) is 0 Å². The van der Waals surface area contributed by atoms with Crippen LogP contribution in [0.3, 0.4) is 0 Å². The number of benzene rings is 1. The number of ketones is 1. The number of Topliss-reactive ketones (excluding diaryl/α,β-unsaturated/α-hetero) is 1. The van der Waals surface area contributed by atoms with Crippen molar-refractivity contribution >= 4 is 56.5 Å². The fraction of sp³-hybridized carbons (Fsp3) is 0.278. The Morgan fingerprint density at radius 2 is 1.88 bits per heavy atom. The highest BCUT2D eigenvalue weighted by atomic mass is 79.9. The molecule has 1 N–H and O–H groups in total. The molecule has 1 aromatic carbocycles. The first-order valence-corrected chi connectivity index (χ1v) is 9.79. The van der Waals surface area contributed by atoms with Gasteiger partial charge in [0, 0.05) is 4.47 Å². The number of amides is 1. The fourth-order valence-corrected chi connectivity index (χ4v) is 3.56. The highest BCUT2D eigenvalue weighted by molar-refractivity contribution is 9.10. The number of nitrogens with one attached hydrogen (secondary N) is 1. The average molecular weight is 459 g/mol. The van der Waals surface area contributed by atoms with Crippen LogP contribution < -0.4 is 5.32 Å². The molecule has 26 heavy (non-hydrogen) atoms. The topological polar surface area (TPSA) is 72.5 Å². The molecular weight excluding hydrogens is 442 g/mol. The van der Waals surface area contributed by atoms with E-state index in [9.17, 15) is 14.4 Å². The van der Waals surface area contributed by atoms with E-state index in [1.165, 1.54) is 0 Å². The molecule has 0 aliphatic heterocycles. The summed E-state index contributed by atoms with van der Waals surface area (Å²) in [6.07, 6.45) is 0. The molecule has 5 nitrogen and oxygen atoms in total. The molecule has 2 rings (SSSR count). The van der Waals surface area contributed by atoms with Gasteiger partial charge in [-0.25, -0.2) is 4.79 Å². The summed E-state index contributed by atoms with van der Waals surface area (Å²) in [5, 5.41) is 2.67. The Bertz CT molecular complexity index is 821. The second-order valence-corrected chi connectivity index (χ2v) is 8.38. The summed E-state index contributed by atoms with van der Waals surface area (Å²) in [5.41, 5.74) is 0.412. The summed E-state index contributed by atoms with van der Waals surface area (Å²) < 4.78 is 6.22. The van der Waals surface area contributed by atoms with E-state index in [2.05, 4.69) is 21.2 Å². The smallest absolute Gasteiger partial charge is 0.329 e. The molecule has 0 unspecified atom stereocenters. The lowest BCUT2D eigenvalue weighted by Crippen LogP contribution is -2.45. The van der Waals surface area contributed by atoms with Gasteiger partial charge < -0.3 is 10.1 Å². The van der Waals surface area contributed by atoms with E-state index < -0.39 is 24.5 Å². The lowest BCUT2D eigenvalue weighted by molar-refractivity contribution is -0.145. The lowest BCUT2D eigenvalue weighted by atomic mass is 10.0. The van der Waals surface area contributed by atoms with E-state index >= 15 is 0 Å². The molecule has 0 fully saturated rings. The molecule has 0 aliphatic rings. The third-order valence-electron chi connectivity index (χ3n) is 3.52. The van der Waals surface area contributed by atoms with Crippen LogP contribution in [-0.2, 0) is 9.53 Å². The summed E-state index contributed by atoms with van der Waals surface area (Å²) in [4.78, 5) is 37.2. The Balaban J connectivity index is 2.00. The number of thiophene rings is 1. The molecule has 0 saturated carbocycles. The predicted octanol–water partition coefficient (Wildman–Crippen LogP) is 4.34. The molecule has 0 aliphatic carbocycles. The van der Waals surface area contributed by atoms with Crippen LogP contribution in [0.25, 0.3) is 0 Å². The molecular formula is C18H17BrClNO4S. The Morgan fingerprint density at radius 3 is 2.46 bits per heavy atom. The van der Waals surface area contributed by atoms with Crippen molar-refractivity contribution in [3.63, 3.8) is 0 Å². The van der Waals surface area contributed by atoms with Crippen LogP contribution in [0.4, 0.5) is 0 Å². The zero-order valence-corrected chi connectivity index (χ0v) is 17.3. The fourth-order valence-electron chi connectivity index (χ4n) is 2.12. The van der Waals surface area contributed by atoms with Crippen molar-refractivity contribution in [2.45, 2.75) is 19.9 Å². The van der Waals surface area contributed by atoms with Gasteiger partial charge in [-0.15, -0.1) is 11.3 Å². The number of rotatable bonds is 7. The number of ether oxygens (including phenoxy) is 1. The monoisotopic (exact) mass is 457 g/mol. The van der Waals surface area contributed by atoms with Gasteiger partial charge in [0.15, 0.2) is 6.61 Å². The van der Waals surface area contributed by atoms with E-state index in [0.29, 0.717) is 19.2 Å². The Labute approximate surface area is 168 Å². The first kappa shape index (κ1) is 20.6. The van der Waals surface area contributed by atoms with E-state index in [-0.39, 0.29) is 11.7 Å². The molecule has 138 valence electrons. The molecule has 0 saturated heterocycles. The minimum absolute atomic E-state index is 0.208. The summed E-state index contributed by atoms with van der Waals surface area (Å²) >= 11 is 10.2. The zero-order valence-electron chi connectivity index (χ0n) is 14.1. The van der Waals surface area contributed by atoms with E-state index in [1.807, 2.05) is 0 Å². The normalized spacial score (nSPS) is 11.9. The molecule has 8 heteroatoms. The summed E-state index contributed by atoms with van der Waals surface area (Å²) in [6.45, 7) is 3.17. The second kappa shape index (κ2) is 9.30. The zero-order chi connectivity index (χ0) is 19.3. The van der Waals surface area contributed by atoms with E-state index in [1.54, 1.807) is 50.2 Å². The molecule has 0 bridgehead atoms. The standard InChI is InChI=1S/C18H17BrClNO4S/c1-10(2)16(21-17(23)11-5-3-4-6-12(11)19)18(24)25-9-13(22)14-7-8-15(20)26-14/h3-8,10,16H,9H2,1-2H3,(H,21,23)/t16-/m0/s1. The lowest BCUT2D eigenvalue weighted by Gasteiger charge is -2.21. The van der Waals surface area contributed by atoms with Crippen LogP contribution in [0.5, 0.6) is 0 Å². The first-order valence-electron chi connectivity index (χ1n) is 7.80. The van der Waals surface area contributed by atoms with Gasteiger partial charge in [-0.3, -0.25) is 9.59 Å². The molecule has 1 amide bonds. The number of hydrogen-bond donors (Lipinski definition) is 1. The summed E-state index contributed by atoms with van der Waals surface area (Å²) in [7, 11) is 0. The first-order chi connectivity index (χ1) is 12.3. The van der Waals surface area contributed by atoms with Gasteiger partial charge in [-0.1, -0.05) is 37.6 Å². The van der Waals surface area contributed by atoms with Crippen molar-refractivity contribution in [2.75, 3.05) is 6.61 Å². The van der Waals surface area contributed by atoms with Crippen molar-refractivity contribution < 1.29 is 19.1 Å². The third-order valence-corrected chi connectivity index (χ3v) is 5.48. The van der Waals surface area contributed by atoms with Gasteiger partial charge in [-0.2, -0.15) is 0 Å². The second-order valence-electron chi connectivity index (χ2n) is 5.81. The van der Waals surface area contributed by atoms with Crippen molar-refractivity contribution in [3.05, 3.63) is 55.6 Å². The average Bonchev–Trinajstić information content (AvgIpc) is 3.03. The van der Waals surface area contributed by atoms with Gasteiger partial charge >= 0.3 is 5.97 Å². The number of esters is 1. The van der Waals surface area contributed by atoms with Gasteiger partial charge in [0.1, 0.15) is 6.04 Å². The van der Waals surface area contributed by atoms with Gasteiger partial charge in [0.05, 0.1) is 14.8 Å². The maximum absolute atomic E-state index is 12.4. The molecule has 1 atom stereocenters.